The molecule has 27 heavy (non-hydrogen) atoms. The fourth-order valence-corrected chi connectivity index (χ4v) is 3.83. The Labute approximate surface area is 158 Å². The summed E-state index contributed by atoms with van der Waals surface area (Å²) >= 11 is 0. The number of aromatic nitrogens is 2. The number of hydrogen-bond donors (Lipinski definition) is 2. The van der Waals surface area contributed by atoms with Gasteiger partial charge in [-0.1, -0.05) is 30.3 Å². The van der Waals surface area contributed by atoms with E-state index in [1.54, 1.807) is 17.6 Å². The van der Waals surface area contributed by atoms with Crippen molar-refractivity contribution in [3.63, 3.8) is 0 Å². The molecule has 2 N–H and O–H groups in total. The van der Waals surface area contributed by atoms with Crippen molar-refractivity contribution < 1.29 is 9.47 Å². The van der Waals surface area contributed by atoms with Gasteiger partial charge in [0, 0.05) is 36.5 Å². The molecule has 1 aliphatic rings. The maximum atomic E-state index is 12.7. The molecule has 0 unspecified atom stereocenters. The van der Waals surface area contributed by atoms with Gasteiger partial charge in [0.1, 0.15) is 5.65 Å². The zero-order valence-corrected chi connectivity index (χ0v) is 15.9. The molecule has 0 bridgehead atoms. The second-order valence-corrected chi connectivity index (χ2v) is 7.03. The van der Waals surface area contributed by atoms with Crippen LogP contribution in [-0.2, 0) is 9.47 Å². The maximum Gasteiger partial charge on any atom is 0.256 e. The third kappa shape index (κ3) is 3.15. The van der Waals surface area contributed by atoms with Crippen LogP contribution in [0.3, 0.4) is 0 Å². The van der Waals surface area contributed by atoms with Crippen molar-refractivity contribution in [2.24, 2.45) is 0 Å². The molecule has 6 nitrogen and oxygen atoms in total. The summed E-state index contributed by atoms with van der Waals surface area (Å²) in [6.45, 7) is 4.95. The van der Waals surface area contributed by atoms with Gasteiger partial charge in [-0.25, -0.2) is 0 Å². The van der Waals surface area contributed by atoms with Crippen LogP contribution in [0, 0.1) is 13.8 Å². The van der Waals surface area contributed by atoms with Crippen LogP contribution < -0.4 is 10.9 Å². The standard InChI is InChI=1S/C21H25N3O3/c1-13-14(2)24-19(25)11-16-18(27-10-9-26-3)12-17(15-7-5-4-6-8-15)23-20(16)21(24)22-13/h4-8,11,17-18,22-23H,9-10,12H2,1-3H3/t17-,18-/m1/s1. The summed E-state index contributed by atoms with van der Waals surface area (Å²) in [6.07, 6.45) is 0.595. The van der Waals surface area contributed by atoms with Crippen molar-refractivity contribution in [2.75, 3.05) is 25.6 Å². The van der Waals surface area contributed by atoms with Crippen LogP contribution in [0.2, 0.25) is 0 Å². The largest absolute Gasteiger partial charge is 0.382 e. The predicted molar refractivity (Wildman–Crippen MR) is 105 cm³/mol. The van der Waals surface area contributed by atoms with Gasteiger partial charge in [-0.15, -0.1) is 0 Å². The first-order chi connectivity index (χ1) is 13.1. The van der Waals surface area contributed by atoms with Crippen molar-refractivity contribution in [3.8, 4) is 0 Å². The Bertz CT molecular complexity index is 1010. The first kappa shape index (κ1) is 17.8. The lowest BCUT2D eigenvalue weighted by Gasteiger charge is -2.33. The van der Waals surface area contributed by atoms with E-state index in [1.165, 1.54) is 5.56 Å². The van der Waals surface area contributed by atoms with Crippen molar-refractivity contribution in [2.45, 2.75) is 32.4 Å². The number of aryl methyl sites for hydroxylation is 2. The summed E-state index contributed by atoms with van der Waals surface area (Å²) in [6, 6.07) is 12.1. The molecule has 1 aromatic carbocycles. The monoisotopic (exact) mass is 367 g/mol. The number of nitrogens with zero attached hydrogens (tertiary/aromatic N) is 1. The second kappa shape index (κ2) is 7.21. The summed E-state index contributed by atoms with van der Waals surface area (Å²) in [7, 11) is 1.66. The van der Waals surface area contributed by atoms with Crippen LogP contribution in [0.1, 0.15) is 41.1 Å². The number of benzene rings is 1. The van der Waals surface area contributed by atoms with E-state index in [-0.39, 0.29) is 17.7 Å². The number of aromatic amines is 1. The van der Waals surface area contributed by atoms with Gasteiger partial charge in [0.15, 0.2) is 0 Å². The molecule has 1 aliphatic heterocycles. The van der Waals surface area contributed by atoms with Crippen molar-refractivity contribution in [1.82, 2.24) is 9.38 Å². The number of ether oxygens (including phenoxy) is 2. The molecular weight excluding hydrogens is 342 g/mol. The fourth-order valence-electron chi connectivity index (χ4n) is 3.83. The summed E-state index contributed by atoms with van der Waals surface area (Å²) in [4.78, 5) is 16.1. The average Bonchev–Trinajstić information content (AvgIpc) is 2.99. The number of fused-ring (bicyclic) bond motifs is 3. The highest BCUT2D eigenvalue weighted by molar-refractivity contribution is 5.75. The lowest BCUT2D eigenvalue weighted by atomic mass is 9.91. The topological polar surface area (TPSA) is 67.8 Å². The molecule has 0 saturated carbocycles. The molecule has 2 atom stereocenters. The van der Waals surface area contributed by atoms with E-state index in [0.29, 0.717) is 13.2 Å². The van der Waals surface area contributed by atoms with E-state index in [9.17, 15) is 4.79 Å². The summed E-state index contributed by atoms with van der Waals surface area (Å²) in [5, 5.41) is 3.64. The molecule has 4 rings (SSSR count). The van der Waals surface area contributed by atoms with Gasteiger partial charge in [0.05, 0.1) is 31.0 Å². The molecule has 6 heteroatoms. The van der Waals surface area contributed by atoms with Gasteiger partial charge in [-0.3, -0.25) is 9.20 Å². The van der Waals surface area contributed by atoms with Crippen LogP contribution >= 0.6 is 0 Å². The molecule has 3 heterocycles. The molecule has 0 spiro atoms. The third-order valence-corrected chi connectivity index (χ3v) is 5.36. The Kier molecular flexibility index (Phi) is 4.76. The molecule has 0 fully saturated rings. The Hall–Kier alpha value is -2.57. The first-order valence-corrected chi connectivity index (χ1v) is 9.27. The predicted octanol–water partition coefficient (Wildman–Crippen LogP) is 3.51. The maximum absolute atomic E-state index is 12.7. The molecule has 0 amide bonds. The van der Waals surface area contributed by atoms with E-state index in [2.05, 4.69) is 22.4 Å². The lowest BCUT2D eigenvalue weighted by molar-refractivity contribution is 0.00792. The number of methoxy groups -OCH3 is 1. The smallest absolute Gasteiger partial charge is 0.256 e. The SMILES string of the molecule is COCCO[C@@H]1C[C@H](c2ccccc2)Nc2c1cc(=O)n1c(C)c(C)[nH]c21. The molecule has 142 valence electrons. The quantitative estimate of drug-likeness (QED) is 0.677. The molecule has 3 aromatic rings. The van der Waals surface area contributed by atoms with Crippen LogP contribution in [-0.4, -0.2) is 29.7 Å². The third-order valence-electron chi connectivity index (χ3n) is 5.36. The van der Waals surface area contributed by atoms with Crippen LogP contribution in [0.15, 0.2) is 41.2 Å². The van der Waals surface area contributed by atoms with Gasteiger partial charge in [0.25, 0.3) is 5.56 Å². The van der Waals surface area contributed by atoms with Gasteiger partial charge in [0.2, 0.25) is 0 Å². The highest BCUT2D eigenvalue weighted by Gasteiger charge is 2.31. The molecule has 0 saturated heterocycles. The molecule has 2 aromatic heterocycles. The van der Waals surface area contributed by atoms with Crippen molar-refractivity contribution in [1.29, 1.82) is 0 Å². The molecule has 0 radical (unpaired) electrons. The van der Waals surface area contributed by atoms with Crippen LogP contribution in [0.25, 0.3) is 5.65 Å². The number of hydrogen-bond acceptors (Lipinski definition) is 4. The summed E-state index contributed by atoms with van der Waals surface area (Å²) in [5.41, 5.74) is 5.73. The normalized spacial score (nSPS) is 19.1. The highest BCUT2D eigenvalue weighted by Crippen LogP contribution is 2.42. The number of anilines is 1. The number of nitrogens with one attached hydrogen (secondary N) is 2. The Morgan fingerprint density at radius 2 is 1.96 bits per heavy atom. The molecular formula is C21H25N3O3. The molecule has 0 aliphatic carbocycles. The minimum atomic E-state index is -0.164. The Morgan fingerprint density at radius 1 is 1.19 bits per heavy atom. The lowest BCUT2D eigenvalue weighted by Crippen LogP contribution is -2.27. The van der Waals surface area contributed by atoms with E-state index in [0.717, 1.165) is 34.7 Å². The summed E-state index contributed by atoms with van der Waals surface area (Å²) in [5.74, 6) is 0. The van der Waals surface area contributed by atoms with Gasteiger partial charge >= 0.3 is 0 Å². The van der Waals surface area contributed by atoms with E-state index < -0.39 is 0 Å². The summed E-state index contributed by atoms with van der Waals surface area (Å²) < 4.78 is 13.0. The number of H-pyrrole nitrogens is 1. The van der Waals surface area contributed by atoms with Gasteiger partial charge in [-0.2, -0.15) is 0 Å². The minimum Gasteiger partial charge on any atom is -0.382 e. The fraction of sp³-hybridized carbons (Fsp3) is 0.381. The zero-order valence-electron chi connectivity index (χ0n) is 15.9. The van der Waals surface area contributed by atoms with Crippen LogP contribution in [0.5, 0.6) is 0 Å². The minimum absolute atomic E-state index is 0.0362. The number of pyridine rings is 1. The average molecular weight is 367 g/mol. The van der Waals surface area contributed by atoms with E-state index >= 15 is 0 Å². The first-order valence-electron chi connectivity index (χ1n) is 9.27. The zero-order chi connectivity index (χ0) is 19.0. The Balaban J connectivity index is 1.83. The van der Waals surface area contributed by atoms with Crippen molar-refractivity contribution >= 4 is 11.3 Å². The van der Waals surface area contributed by atoms with Gasteiger partial charge < -0.3 is 19.8 Å². The van der Waals surface area contributed by atoms with E-state index in [1.807, 2.05) is 32.0 Å². The van der Waals surface area contributed by atoms with E-state index in [4.69, 9.17) is 9.47 Å². The van der Waals surface area contributed by atoms with Crippen LogP contribution in [0.4, 0.5) is 5.69 Å². The number of imidazole rings is 1. The van der Waals surface area contributed by atoms with Gasteiger partial charge in [-0.05, 0) is 19.4 Å². The number of rotatable bonds is 5. The highest BCUT2D eigenvalue weighted by atomic mass is 16.5. The van der Waals surface area contributed by atoms with Crippen molar-refractivity contribution in [3.05, 3.63) is 69.3 Å². The second-order valence-electron chi connectivity index (χ2n) is 7.03. The Morgan fingerprint density at radius 3 is 2.70 bits per heavy atom.